The molecule has 0 amide bonds. The number of nitrogens with one attached hydrogen (secondary N) is 2. The number of nitrogens with zero attached hydrogens (tertiary/aromatic N) is 3. The van der Waals surface area contributed by atoms with E-state index >= 15 is 0 Å². The Balaban J connectivity index is 1.79. The van der Waals surface area contributed by atoms with Crippen LogP contribution in [0.1, 0.15) is 11.4 Å². The highest BCUT2D eigenvalue weighted by Crippen LogP contribution is 2.32. The summed E-state index contributed by atoms with van der Waals surface area (Å²) in [4.78, 5) is 12.9. The molecule has 0 saturated heterocycles. The van der Waals surface area contributed by atoms with Crippen molar-refractivity contribution in [1.29, 1.82) is 0 Å². The van der Waals surface area contributed by atoms with Crippen molar-refractivity contribution in [2.24, 2.45) is 0 Å². The molecule has 3 aromatic rings. The summed E-state index contributed by atoms with van der Waals surface area (Å²) in [6.07, 6.45) is 3.55. The molecule has 0 radical (unpaired) electrons. The summed E-state index contributed by atoms with van der Waals surface area (Å²) in [5.41, 5.74) is 1.69. The Morgan fingerprint density at radius 3 is 2.46 bits per heavy atom. The standard InChI is InChI=1S/C17H15Cl2N5/c1-11-22-15(21-10-12-4-3-7-20-9-12)8-16(23-11)24-17-13(18)5-2-6-14(17)19/h2-9H,10H2,1H3,(H2,21,22,23,24). The summed E-state index contributed by atoms with van der Waals surface area (Å²) < 4.78 is 0. The zero-order valence-corrected chi connectivity index (χ0v) is 14.4. The molecule has 0 unspecified atom stereocenters. The van der Waals surface area contributed by atoms with Crippen LogP contribution < -0.4 is 10.6 Å². The van der Waals surface area contributed by atoms with Crippen LogP contribution in [0.2, 0.25) is 10.0 Å². The Kier molecular flexibility index (Phi) is 5.13. The molecule has 2 aromatic heterocycles. The molecule has 7 heteroatoms. The Bertz CT molecular complexity index is 819. The molecule has 0 bridgehead atoms. The molecule has 1 aromatic carbocycles. The second kappa shape index (κ2) is 7.47. The van der Waals surface area contributed by atoms with E-state index in [1.165, 1.54) is 0 Å². The minimum absolute atomic E-state index is 0.531. The maximum Gasteiger partial charge on any atom is 0.136 e. The van der Waals surface area contributed by atoms with Crippen molar-refractivity contribution in [3.8, 4) is 0 Å². The molecule has 0 atom stereocenters. The molecule has 2 heterocycles. The van der Waals surface area contributed by atoms with Crippen molar-refractivity contribution in [3.05, 3.63) is 70.2 Å². The Morgan fingerprint density at radius 2 is 1.75 bits per heavy atom. The van der Waals surface area contributed by atoms with Gasteiger partial charge in [0.15, 0.2) is 0 Å². The second-order valence-electron chi connectivity index (χ2n) is 5.12. The van der Waals surface area contributed by atoms with Gasteiger partial charge in [0.25, 0.3) is 0 Å². The summed E-state index contributed by atoms with van der Waals surface area (Å²) in [5, 5.41) is 7.47. The van der Waals surface area contributed by atoms with Gasteiger partial charge in [-0.05, 0) is 30.7 Å². The Hall–Kier alpha value is -2.37. The highest BCUT2D eigenvalue weighted by atomic mass is 35.5. The predicted octanol–water partition coefficient (Wildman–Crippen LogP) is 4.84. The molecule has 5 nitrogen and oxygen atoms in total. The summed E-state index contributed by atoms with van der Waals surface area (Å²) in [7, 11) is 0. The third kappa shape index (κ3) is 4.13. The van der Waals surface area contributed by atoms with Crippen molar-refractivity contribution < 1.29 is 0 Å². The van der Waals surface area contributed by atoms with E-state index in [1.54, 1.807) is 24.4 Å². The SMILES string of the molecule is Cc1nc(NCc2cccnc2)cc(Nc2c(Cl)cccc2Cl)n1. The number of aryl methyl sites for hydroxylation is 1. The predicted molar refractivity (Wildman–Crippen MR) is 98.1 cm³/mol. The normalized spacial score (nSPS) is 10.5. The fraction of sp³-hybridized carbons (Fsp3) is 0.118. The van der Waals surface area contributed by atoms with Crippen LogP contribution in [0.25, 0.3) is 0 Å². The monoisotopic (exact) mass is 359 g/mol. The van der Waals surface area contributed by atoms with E-state index in [9.17, 15) is 0 Å². The van der Waals surface area contributed by atoms with Crippen molar-refractivity contribution in [2.75, 3.05) is 10.6 Å². The van der Waals surface area contributed by atoms with Gasteiger partial charge in [0.2, 0.25) is 0 Å². The molecule has 0 aliphatic carbocycles. The lowest BCUT2D eigenvalue weighted by molar-refractivity contribution is 1.02. The van der Waals surface area contributed by atoms with E-state index in [0.717, 1.165) is 5.56 Å². The van der Waals surface area contributed by atoms with E-state index in [1.807, 2.05) is 31.3 Å². The zero-order chi connectivity index (χ0) is 16.9. The Labute approximate surface area is 150 Å². The first-order valence-corrected chi connectivity index (χ1v) is 8.07. The van der Waals surface area contributed by atoms with E-state index in [0.29, 0.717) is 39.7 Å². The molecular formula is C17H15Cl2N5. The van der Waals surface area contributed by atoms with Crippen LogP contribution in [0.5, 0.6) is 0 Å². The first kappa shape index (κ1) is 16.5. The quantitative estimate of drug-likeness (QED) is 0.682. The van der Waals surface area contributed by atoms with Crippen molar-refractivity contribution in [1.82, 2.24) is 15.0 Å². The number of para-hydroxylation sites is 1. The van der Waals surface area contributed by atoms with Gasteiger partial charge in [0, 0.05) is 25.0 Å². The van der Waals surface area contributed by atoms with Crippen LogP contribution in [0.3, 0.4) is 0 Å². The first-order chi connectivity index (χ1) is 11.6. The molecule has 0 spiro atoms. The van der Waals surface area contributed by atoms with E-state index < -0.39 is 0 Å². The lowest BCUT2D eigenvalue weighted by atomic mass is 10.3. The molecule has 0 aliphatic rings. The van der Waals surface area contributed by atoms with Gasteiger partial charge in [-0.3, -0.25) is 4.98 Å². The van der Waals surface area contributed by atoms with E-state index in [-0.39, 0.29) is 0 Å². The zero-order valence-electron chi connectivity index (χ0n) is 12.9. The molecule has 2 N–H and O–H groups in total. The van der Waals surface area contributed by atoms with Gasteiger partial charge in [0.05, 0.1) is 15.7 Å². The lowest BCUT2D eigenvalue weighted by Crippen LogP contribution is -2.05. The van der Waals surface area contributed by atoms with Gasteiger partial charge in [0.1, 0.15) is 17.5 Å². The number of rotatable bonds is 5. The third-order valence-corrected chi connectivity index (χ3v) is 3.88. The van der Waals surface area contributed by atoms with Crippen LogP contribution in [0, 0.1) is 6.92 Å². The highest BCUT2D eigenvalue weighted by Gasteiger charge is 2.08. The summed E-state index contributed by atoms with van der Waals surface area (Å²) >= 11 is 12.4. The van der Waals surface area contributed by atoms with Crippen molar-refractivity contribution in [3.63, 3.8) is 0 Å². The van der Waals surface area contributed by atoms with Gasteiger partial charge < -0.3 is 10.6 Å². The van der Waals surface area contributed by atoms with Crippen molar-refractivity contribution in [2.45, 2.75) is 13.5 Å². The van der Waals surface area contributed by atoms with Gasteiger partial charge in [-0.2, -0.15) is 0 Å². The number of aromatic nitrogens is 3. The number of anilines is 3. The summed E-state index contributed by atoms with van der Waals surface area (Å²) in [6, 6.07) is 11.0. The molecule has 0 saturated carbocycles. The van der Waals surface area contributed by atoms with Crippen LogP contribution in [-0.4, -0.2) is 15.0 Å². The van der Waals surface area contributed by atoms with Crippen LogP contribution in [-0.2, 0) is 6.54 Å². The Morgan fingerprint density at radius 1 is 1.00 bits per heavy atom. The molecule has 3 rings (SSSR count). The number of hydrogen-bond donors (Lipinski definition) is 2. The smallest absolute Gasteiger partial charge is 0.136 e. The maximum absolute atomic E-state index is 6.19. The molecule has 122 valence electrons. The fourth-order valence-electron chi connectivity index (χ4n) is 2.16. The number of pyridine rings is 1. The average Bonchev–Trinajstić information content (AvgIpc) is 2.57. The fourth-order valence-corrected chi connectivity index (χ4v) is 2.65. The maximum atomic E-state index is 6.19. The van der Waals surface area contributed by atoms with Crippen LogP contribution in [0.4, 0.5) is 17.3 Å². The topological polar surface area (TPSA) is 62.7 Å². The van der Waals surface area contributed by atoms with Gasteiger partial charge >= 0.3 is 0 Å². The van der Waals surface area contributed by atoms with Crippen molar-refractivity contribution >= 4 is 40.5 Å². The minimum Gasteiger partial charge on any atom is -0.366 e. The number of benzene rings is 1. The first-order valence-electron chi connectivity index (χ1n) is 7.31. The largest absolute Gasteiger partial charge is 0.366 e. The molecule has 0 aliphatic heterocycles. The van der Waals surface area contributed by atoms with Gasteiger partial charge in [-0.15, -0.1) is 0 Å². The number of hydrogen-bond acceptors (Lipinski definition) is 5. The minimum atomic E-state index is 0.531. The molecular weight excluding hydrogens is 345 g/mol. The lowest BCUT2D eigenvalue weighted by Gasteiger charge is -2.12. The van der Waals surface area contributed by atoms with E-state index in [4.69, 9.17) is 23.2 Å². The summed E-state index contributed by atoms with van der Waals surface area (Å²) in [5.74, 6) is 1.96. The average molecular weight is 360 g/mol. The summed E-state index contributed by atoms with van der Waals surface area (Å²) in [6.45, 7) is 2.45. The van der Waals surface area contributed by atoms with Crippen LogP contribution >= 0.6 is 23.2 Å². The number of halogens is 2. The second-order valence-corrected chi connectivity index (χ2v) is 5.94. The van der Waals surface area contributed by atoms with E-state index in [2.05, 4.69) is 25.6 Å². The molecule has 24 heavy (non-hydrogen) atoms. The van der Waals surface area contributed by atoms with Crippen LogP contribution in [0.15, 0.2) is 48.8 Å². The van der Waals surface area contributed by atoms with Gasteiger partial charge in [-0.1, -0.05) is 35.3 Å². The van der Waals surface area contributed by atoms with Gasteiger partial charge in [-0.25, -0.2) is 9.97 Å². The highest BCUT2D eigenvalue weighted by molar-refractivity contribution is 6.39. The third-order valence-electron chi connectivity index (χ3n) is 3.25. The molecule has 0 fully saturated rings.